The molecule has 1 aliphatic carbocycles. The summed E-state index contributed by atoms with van der Waals surface area (Å²) in [6, 6.07) is 4.43. The molecule has 2 aliphatic rings. The Kier molecular flexibility index (Phi) is 5.34. The monoisotopic (exact) mass is 338 g/mol. The molecule has 0 spiro atoms. The zero-order valence-corrected chi connectivity index (χ0v) is 14.8. The Morgan fingerprint density at radius 3 is 2.83 bits per heavy atom. The van der Waals surface area contributed by atoms with Gasteiger partial charge in [0.15, 0.2) is 11.5 Å². The zero-order chi connectivity index (χ0) is 16.4. The third kappa shape index (κ3) is 3.59. The summed E-state index contributed by atoms with van der Waals surface area (Å²) >= 11 is 6.41. The molecule has 3 unspecified atom stereocenters. The van der Waals surface area contributed by atoms with Crippen LogP contribution in [-0.2, 0) is 6.54 Å². The van der Waals surface area contributed by atoms with Crippen molar-refractivity contribution in [3.63, 3.8) is 0 Å². The Morgan fingerprint density at radius 1 is 1.30 bits per heavy atom. The lowest BCUT2D eigenvalue weighted by atomic mass is 9.98. The maximum atomic E-state index is 6.41. The lowest BCUT2D eigenvalue weighted by molar-refractivity contribution is 0.288. The zero-order valence-electron chi connectivity index (χ0n) is 14.1. The van der Waals surface area contributed by atoms with E-state index in [0.29, 0.717) is 29.3 Å². The SMILES string of the molecule is CCCOc1c(Cl)cc(CN2CC3CCC(N)C3C2)cc1OC. The van der Waals surface area contributed by atoms with Gasteiger partial charge in [0.2, 0.25) is 0 Å². The van der Waals surface area contributed by atoms with E-state index in [1.807, 2.05) is 12.1 Å². The van der Waals surface area contributed by atoms with Crippen molar-refractivity contribution in [2.45, 2.75) is 38.8 Å². The molecule has 1 saturated carbocycles. The van der Waals surface area contributed by atoms with E-state index in [-0.39, 0.29) is 0 Å². The molecule has 1 aromatic carbocycles. The molecule has 3 rings (SSSR count). The van der Waals surface area contributed by atoms with Crippen LogP contribution in [0.1, 0.15) is 31.7 Å². The van der Waals surface area contributed by atoms with Gasteiger partial charge in [0, 0.05) is 25.7 Å². The van der Waals surface area contributed by atoms with E-state index in [1.54, 1.807) is 7.11 Å². The van der Waals surface area contributed by atoms with Gasteiger partial charge in [-0.3, -0.25) is 4.90 Å². The van der Waals surface area contributed by atoms with Crippen molar-refractivity contribution < 1.29 is 9.47 Å². The van der Waals surface area contributed by atoms with Crippen LogP contribution in [0.5, 0.6) is 11.5 Å². The van der Waals surface area contributed by atoms with Gasteiger partial charge in [0.1, 0.15) is 0 Å². The Balaban J connectivity index is 1.70. The number of rotatable bonds is 6. The van der Waals surface area contributed by atoms with Crippen LogP contribution in [0, 0.1) is 11.8 Å². The topological polar surface area (TPSA) is 47.7 Å². The van der Waals surface area contributed by atoms with Crippen molar-refractivity contribution in [2.75, 3.05) is 26.8 Å². The first-order chi connectivity index (χ1) is 11.1. The fourth-order valence-electron chi connectivity index (χ4n) is 4.00. The number of fused-ring (bicyclic) bond motifs is 1. The Labute approximate surface area is 143 Å². The summed E-state index contributed by atoms with van der Waals surface area (Å²) < 4.78 is 11.2. The first-order valence-corrected chi connectivity index (χ1v) is 8.97. The lowest BCUT2D eigenvalue weighted by Crippen LogP contribution is -2.30. The minimum Gasteiger partial charge on any atom is -0.493 e. The van der Waals surface area contributed by atoms with E-state index in [0.717, 1.165) is 37.7 Å². The molecule has 3 atom stereocenters. The fourth-order valence-corrected chi connectivity index (χ4v) is 4.28. The number of hydrogen-bond donors (Lipinski definition) is 1. The molecule has 1 aliphatic heterocycles. The van der Waals surface area contributed by atoms with E-state index < -0.39 is 0 Å². The Morgan fingerprint density at radius 2 is 2.13 bits per heavy atom. The van der Waals surface area contributed by atoms with Crippen molar-refractivity contribution in [1.82, 2.24) is 4.90 Å². The number of ether oxygens (including phenoxy) is 2. The number of methoxy groups -OCH3 is 1. The number of nitrogens with two attached hydrogens (primary N) is 1. The van der Waals surface area contributed by atoms with Gasteiger partial charge in [-0.15, -0.1) is 0 Å². The smallest absolute Gasteiger partial charge is 0.179 e. The molecule has 0 aromatic heterocycles. The highest BCUT2D eigenvalue weighted by molar-refractivity contribution is 6.32. The molecule has 23 heavy (non-hydrogen) atoms. The van der Waals surface area contributed by atoms with Crippen LogP contribution in [0.4, 0.5) is 0 Å². The maximum Gasteiger partial charge on any atom is 0.179 e. The average Bonchev–Trinajstić information content (AvgIpc) is 3.07. The largest absolute Gasteiger partial charge is 0.493 e. The van der Waals surface area contributed by atoms with Gasteiger partial charge in [-0.05, 0) is 48.8 Å². The molecule has 0 radical (unpaired) electrons. The van der Waals surface area contributed by atoms with E-state index in [2.05, 4.69) is 11.8 Å². The predicted molar refractivity (Wildman–Crippen MR) is 93.3 cm³/mol. The first-order valence-electron chi connectivity index (χ1n) is 8.59. The third-order valence-corrected chi connectivity index (χ3v) is 5.41. The van der Waals surface area contributed by atoms with Crippen molar-refractivity contribution in [2.24, 2.45) is 17.6 Å². The number of halogens is 1. The van der Waals surface area contributed by atoms with Crippen LogP contribution in [0.25, 0.3) is 0 Å². The molecule has 0 amide bonds. The van der Waals surface area contributed by atoms with Gasteiger partial charge >= 0.3 is 0 Å². The van der Waals surface area contributed by atoms with Gasteiger partial charge in [0.25, 0.3) is 0 Å². The number of likely N-dealkylation sites (tertiary alicyclic amines) is 1. The highest BCUT2D eigenvalue weighted by Crippen LogP contribution is 2.40. The molecule has 2 fully saturated rings. The summed E-state index contributed by atoms with van der Waals surface area (Å²) in [5.74, 6) is 2.81. The number of hydrogen-bond acceptors (Lipinski definition) is 4. The molecular weight excluding hydrogens is 312 g/mol. The standard InChI is InChI=1S/C18H27ClN2O2/c1-3-6-23-18-15(19)7-12(8-17(18)22-2)9-21-10-13-4-5-16(20)14(13)11-21/h7-8,13-14,16H,3-6,9-11,20H2,1-2H3. The maximum absolute atomic E-state index is 6.41. The van der Waals surface area contributed by atoms with Crippen LogP contribution < -0.4 is 15.2 Å². The molecule has 0 bridgehead atoms. The summed E-state index contributed by atoms with van der Waals surface area (Å²) in [5.41, 5.74) is 7.40. The quantitative estimate of drug-likeness (QED) is 0.864. The van der Waals surface area contributed by atoms with Gasteiger partial charge in [-0.1, -0.05) is 18.5 Å². The van der Waals surface area contributed by atoms with E-state index in [9.17, 15) is 0 Å². The summed E-state index contributed by atoms with van der Waals surface area (Å²) in [7, 11) is 1.66. The third-order valence-electron chi connectivity index (χ3n) is 5.13. The second-order valence-corrected chi connectivity index (χ2v) is 7.22. The van der Waals surface area contributed by atoms with Crippen molar-refractivity contribution in [1.29, 1.82) is 0 Å². The predicted octanol–water partition coefficient (Wildman–Crippen LogP) is 3.31. The van der Waals surface area contributed by atoms with Gasteiger partial charge in [-0.2, -0.15) is 0 Å². The normalized spacial score (nSPS) is 27.2. The summed E-state index contributed by atoms with van der Waals surface area (Å²) in [6.07, 6.45) is 3.40. The Hall–Kier alpha value is -0.970. The van der Waals surface area contributed by atoms with Gasteiger partial charge in [0.05, 0.1) is 18.7 Å². The van der Waals surface area contributed by atoms with Crippen LogP contribution in [0.3, 0.4) is 0 Å². The van der Waals surface area contributed by atoms with Crippen LogP contribution in [0.2, 0.25) is 5.02 Å². The molecule has 1 saturated heterocycles. The van der Waals surface area contributed by atoms with Crippen LogP contribution in [0.15, 0.2) is 12.1 Å². The highest BCUT2D eigenvalue weighted by atomic mass is 35.5. The summed E-state index contributed by atoms with van der Waals surface area (Å²) in [6.45, 7) is 5.85. The van der Waals surface area contributed by atoms with Crippen LogP contribution >= 0.6 is 11.6 Å². The molecule has 1 heterocycles. The molecular formula is C18H27ClN2O2. The molecule has 5 heteroatoms. The highest BCUT2D eigenvalue weighted by Gasteiger charge is 2.40. The van der Waals surface area contributed by atoms with E-state index >= 15 is 0 Å². The summed E-state index contributed by atoms with van der Waals surface area (Å²) in [4.78, 5) is 2.49. The minimum atomic E-state index is 0.382. The first kappa shape index (κ1) is 16.9. The van der Waals surface area contributed by atoms with Crippen molar-refractivity contribution in [3.8, 4) is 11.5 Å². The van der Waals surface area contributed by atoms with Crippen LogP contribution in [-0.4, -0.2) is 37.7 Å². The fraction of sp³-hybridized carbons (Fsp3) is 0.667. The molecule has 2 N–H and O–H groups in total. The lowest BCUT2D eigenvalue weighted by Gasteiger charge is -2.20. The van der Waals surface area contributed by atoms with Crippen molar-refractivity contribution in [3.05, 3.63) is 22.7 Å². The number of benzene rings is 1. The van der Waals surface area contributed by atoms with E-state index in [1.165, 1.54) is 18.4 Å². The van der Waals surface area contributed by atoms with Crippen molar-refractivity contribution >= 4 is 11.6 Å². The number of nitrogens with zero attached hydrogens (tertiary/aromatic N) is 1. The second-order valence-electron chi connectivity index (χ2n) is 6.82. The molecule has 4 nitrogen and oxygen atoms in total. The summed E-state index contributed by atoms with van der Waals surface area (Å²) in [5, 5.41) is 0.629. The van der Waals surface area contributed by atoms with Gasteiger partial charge < -0.3 is 15.2 Å². The molecule has 128 valence electrons. The average molecular weight is 339 g/mol. The second kappa shape index (κ2) is 7.29. The minimum absolute atomic E-state index is 0.382. The van der Waals surface area contributed by atoms with E-state index in [4.69, 9.17) is 26.8 Å². The van der Waals surface area contributed by atoms with Gasteiger partial charge in [-0.25, -0.2) is 0 Å². The molecule has 1 aromatic rings. The Bertz CT molecular complexity index is 552.